The number of allylic oxidation sites excluding steroid dienone is 3. The number of nitrogens with zero attached hydrogens (tertiary/aromatic N) is 2. The van der Waals surface area contributed by atoms with Gasteiger partial charge in [-0.1, -0.05) is 20.8 Å². The van der Waals surface area contributed by atoms with Crippen LogP contribution in [0.4, 0.5) is 0 Å². The molecule has 2 N–H and O–H groups in total. The highest BCUT2D eigenvalue weighted by molar-refractivity contribution is 5.60. The quantitative estimate of drug-likeness (QED) is 0.866. The molecule has 1 aliphatic heterocycles. The number of methoxy groups -OCH3 is 3. The summed E-state index contributed by atoms with van der Waals surface area (Å²) in [5, 5.41) is 19.5. The number of nitrogens with two attached hydrogens (primary N) is 1. The Kier molecular flexibility index (Phi) is 5.56. The molecule has 27 heavy (non-hydrogen) atoms. The maximum Gasteiger partial charge on any atom is 0.205 e. The largest absolute Gasteiger partial charge is 0.493 e. The summed E-state index contributed by atoms with van der Waals surface area (Å²) in [6, 6.07) is 7.69. The van der Waals surface area contributed by atoms with Crippen LogP contribution in [0.15, 0.2) is 34.9 Å². The molecule has 1 aliphatic rings. The molecule has 0 bridgehead atoms. The van der Waals surface area contributed by atoms with Crippen LogP contribution in [0.25, 0.3) is 0 Å². The fraction of sp³-hybridized carbons (Fsp3) is 0.400. The Morgan fingerprint density at radius 3 is 1.85 bits per heavy atom. The van der Waals surface area contributed by atoms with Crippen molar-refractivity contribution in [3.63, 3.8) is 0 Å². The number of rotatable bonds is 4. The molecule has 1 heterocycles. The average molecular weight is 369 g/mol. The Balaban J connectivity index is 2.83. The van der Waals surface area contributed by atoms with Gasteiger partial charge in [0.15, 0.2) is 11.5 Å². The molecular weight excluding hydrogens is 346 g/mol. The van der Waals surface area contributed by atoms with E-state index in [1.54, 1.807) is 12.1 Å². The summed E-state index contributed by atoms with van der Waals surface area (Å²) < 4.78 is 21.8. The molecular formula is C20H23N3O4. The van der Waals surface area contributed by atoms with Crippen molar-refractivity contribution in [2.75, 3.05) is 21.3 Å². The molecule has 0 fully saturated rings. The van der Waals surface area contributed by atoms with Crippen LogP contribution in [0.1, 0.15) is 32.3 Å². The predicted octanol–water partition coefficient (Wildman–Crippen LogP) is 3.34. The maximum atomic E-state index is 9.86. The SMILES string of the molecule is COc1cc(C2C(C#N)=C(N)OC(C(C)(C)C)=C2C#N)cc(OC)c1OC. The van der Waals surface area contributed by atoms with Crippen LogP contribution in [-0.4, -0.2) is 21.3 Å². The van der Waals surface area contributed by atoms with E-state index >= 15 is 0 Å². The normalized spacial score (nSPS) is 17.0. The summed E-state index contributed by atoms with van der Waals surface area (Å²) in [5.41, 5.74) is 6.64. The zero-order valence-corrected chi connectivity index (χ0v) is 16.3. The topological polar surface area (TPSA) is 111 Å². The van der Waals surface area contributed by atoms with Gasteiger partial charge in [0, 0.05) is 5.41 Å². The molecule has 1 aromatic rings. The van der Waals surface area contributed by atoms with Crippen LogP contribution in [0.5, 0.6) is 17.2 Å². The number of ether oxygens (including phenoxy) is 4. The van der Waals surface area contributed by atoms with Gasteiger partial charge >= 0.3 is 0 Å². The van der Waals surface area contributed by atoms with Gasteiger partial charge in [0.1, 0.15) is 17.4 Å². The van der Waals surface area contributed by atoms with Gasteiger partial charge < -0.3 is 24.7 Å². The molecule has 142 valence electrons. The second-order valence-corrected chi connectivity index (χ2v) is 6.99. The van der Waals surface area contributed by atoms with Gasteiger partial charge in [-0.05, 0) is 17.7 Å². The first-order valence-electron chi connectivity index (χ1n) is 8.25. The van der Waals surface area contributed by atoms with Gasteiger partial charge in [-0.3, -0.25) is 0 Å². The highest BCUT2D eigenvalue weighted by Crippen LogP contribution is 2.47. The second-order valence-electron chi connectivity index (χ2n) is 6.99. The Bertz CT molecular complexity index is 870. The highest BCUT2D eigenvalue weighted by Gasteiger charge is 2.38. The molecule has 0 radical (unpaired) electrons. The van der Waals surface area contributed by atoms with Crippen molar-refractivity contribution in [1.82, 2.24) is 0 Å². The number of benzene rings is 1. The van der Waals surface area contributed by atoms with E-state index in [0.717, 1.165) is 0 Å². The standard InChI is InChI=1S/C20H23N3O4/c1-20(2,3)18-12(9-21)16(13(10-22)19(23)27-18)11-7-14(24-4)17(26-6)15(8-11)25-5/h7-8,16H,23H2,1-6H3. The van der Waals surface area contributed by atoms with E-state index in [1.807, 2.05) is 20.8 Å². The van der Waals surface area contributed by atoms with Crippen molar-refractivity contribution >= 4 is 0 Å². The van der Waals surface area contributed by atoms with Gasteiger partial charge in [0.05, 0.1) is 38.9 Å². The van der Waals surface area contributed by atoms with E-state index in [1.165, 1.54) is 21.3 Å². The molecule has 1 aromatic carbocycles. The summed E-state index contributed by atoms with van der Waals surface area (Å²) in [5.74, 6) is 0.981. The van der Waals surface area contributed by atoms with E-state index in [4.69, 9.17) is 24.7 Å². The smallest absolute Gasteiger partial charge is 0.205 e. The Morgan fingerprint density at radius 1 is 0.963 bits per heavy atom. The van der Waals surface area contributed by atoms with E-state index in [0.29, 0.717) is 34.1 Å². The minimum absolute atomic E-state index is 0.0137. The zero-order valence-electron chi connectivity index (χ0n) is 16.3. The fourth-order valence-electron chi connectivity index (χ4n) is 3.03. The Morgan fingerprint density at radius 2 is 1.48 bits per heavy atom. The fourth-order valence-corrected chi connectivity index (χ4v) is 3.03. The summed E-state index contributed by atoms with van der Waals surface area (Å²) >= 11 is 0. The molecule has 2 rings (SSSR count). The Hall–Kier alpha value is -3.32. The molecule has 0 amide bonds. The Labute approximate surface area is 159 Å². The predicted molar refractivity (Wildman–Crippen MR) is 98.8 cm³/mol. The van der Waals surface area contributed by atoms with Crippen LogP contribution < -0.4 is 19.9 Å². The lowest BCUT2D eigenvalue weighted by Gasteiger charge is -2.32. The van der Waals surface area contributed by atoms with Gasteiger partial charge in [0.2, 0.25) is 11.6 Å². The van der Waals surface area contributed by atoms with Crippen LogP contribution in [-0.2, 0) is 4.74 Å². The summed E-state index contributed by atoms with van der Waals surface area (Å²) in [6.45, 7) is 5.74. The molecule has 7 nitrogen and oxygen atoms in total. The first-order chi connectivity index (χ1) is 12.7. The monoisotopic (exact) mass is 369 g/mol. The van der Waals surface area contributed by atoms with E-state index < -0.39 is 11.3 Å². The van der Waals surface area contributed by atoms with Gasteiger partial charge in [-0.25, -0.2) is 0 Å². The third-order valence-electron chi connectivity index (χ3n) is 4.24. The van der Waals surface area contributed by atoms with Crippen molar-refractivity contribution in [2.45, 2.75) is 26.7 Å². The maximum absolute atomic E-state index is 9.86. The van der Waals surface area contributed by atoms with E-state index in [9.17, 15) is 10.5 Å². The van der Waals surface area contributed by atoms with Crippen LogP contribution in [0.3, 0.4) is 0 Å². The molecule has 0 saturated heterocycles. The molecule has 0 spiro atoms. The van der Waals surface area contributed by atoms with Gasteiger partial charge in [-0.15, -0.1) is 0 Å². The van der Waals surface area contributed by atoms with Crippen molar-refractivity contribution in [3.05, 3.63) is 40.5 Å². The zero-order chi connectivity index (χ0) is 20.4. The summed E-state index contributed by atoms with van der Waals surface area (Å²) in [6.07, 6.45) is 0. The number of hydrogen-bond acceptors (Lipinski definition) is 7. The molecule has 1 unspecified atom stereocenters. The van der Waals surface area contributed by atoms with Gasteiger partial charge in [0.25, 0.3) is 0 Å². The van der Waals surface area contributed by atoms with E-state index in [-0.39, 0.29) is 11.5 Å². The average Bonchev–Trinajstić information content (AvgIpc) is 2.64. The van der Waals surface area contributed by atoms with Crippen molar-refractivity contribution in [1.29, 1.82) is 10.5 Å². The number of nitriles is 2. The minimum atomic E-state index is -0.698. The second kappa shape index (κ2) is 7.51. The van der Waals surface area contributed by atoms with Crippen molar-refractivity contribution in [2.24, 2.45) is 11.1 Å². The molecule has 0 aliphatic carbocycles. The third kappa shape index (κ3) is 3.50. The first-order valence-corrected chi connectivity index (χ1v) is 8.25. The molecule has 7 heteroatoms. The summed E-state index contributed by atoms with van der Waals surface area (Å²) in [7, 11) is 4.51. The molecule has 0 saturated carbocycles. The van der Waals surface area contributed by atoms with Crippen molar-refractivity contribution in [3.8, 4) is 29.4 Å². The van der Waals surface area contributed by atoms with Crippen LogP contribution in [0, 0.1) is 28.1 Å². The van der Waals surface area contributed by atoms with Crippen molar-refractivity contribution < 1.29 is 18.9 Å². The van der Waals surface area contributed by atoms with E-state index in [2.05, 4.69) is 12.1 Å². The number of hydrogen-bond donors (Lipinski definition) is 1. The summed E-state index contributed by atoms with van der Waals surface area (Å²) in [4.78, 5) is 0. The molecule has 0 aromatic heterocycles. The molecule has 1 atom stereocenters. The minimum Gasteiger partial charge on any atom is -0.493 e. The lowest BCUT2D eigenvalue weighted by atomic mass is 9.78. The third-order valence-corrected chi connectivity index (χ3v) is 4.24. The highest BCUT2D eigenvalue weighted by atomic mass is 16.5. The lowest BCUT2D eigenvalue weighted by Crippen LogP contribution is -2.26. The lowest BCUT2D eigenvalue weighted by molar-refractivity contribution is 0.199. The van der Waals surface area contributed by atoms with Crippen LogP contribution >= 0.6 is 0 Å². The van der Waals surface area contributed by atoms with Crippen LogP contribution in [0.2, 0.25) is 0 Å². The van der Waals surface area contributed by atoms with Gasteiger partial charge in [-0.2, -0.15) is 10.5 Å². The first kappa shape index (κ1) is 20.0.